The Balaban J connectivity index is 1.62. The summed E-state index contributed by atoms with van der Waals surface area (Å²) in [5.74, 6) is 0.351. The van der Waals surface area contributed by atoms with E-state index >= 15 is 0 Å². The molecule has 1 unspecified atom stereocenters. The van der Waals surface area contributed by atoms with Gasteiger partial charge in [-0.1, -0.05) is 47.2 Å². The van der Waals surface area contributed by atoms with E-state index in [2.05, 4.69) is 4.99 Å². The van der Waals surface area contributed by atoms with Crippen molar-refractivity contribution < 1.29 is 18.9 Å². The summed E-state index contributed by atoms with van der Waals surface area (Å²) in [4.78, 5) is 42.6. The van der Waals surface area contributed by atoms with Gasteiger partial charge >= 0.3 is 5.97 Å². The minimum absolute atomic E-state index is 0.0364. The molecule has 2 aromatic carbocycles. The molecular formula is C29H25N3O6S. The number of carbonyl (C=O) groups excluding carboxylic acids is 1. The lowest BCUT2D eigenvalue weighted by atomic mass is 9.95. The van der Waals surface area contributed by atoms with Crippen LogP contribution in [0.2, 0.25) is 0 Å². The van der Waals surface area contributed by atoms with E-state index in [4.69, 9.17) is 9.15 Å². The van der Waals surface area contributed by atoms with Crippen LogP contribution >= 0.6 is 11.3 Å². The third-order valence-electron chi connectivity index (χ3n) is 6.51. The van der Waals surface area contributed by atoms with E-state index in [1.54, 1.807) is 38.1 Å². The standard InChI is InChI=1S/C29H25N3O6S/c1-5-37-28(34)25-18(4)30-29-31(26(25)19-9-6-16(2)7-10-19)27(33)24(39-29)15-21-12-13-23(38-21)22-14-20(32(35)36)11-8-17(22)3/h6-15,26H,5H2,1-4H3. The van der Waals surface area contributed by atoms with Crippen LogP contribution < -0.4 is 14.9 Å². The van der Waals surface area contributed by atoms with Crippen LogP contribution in [0.15, 0.2) is 80.1 Å². The average Bonchev–Trinajstić information content (AvgIpc) is 3.48. The Bertz CT molecular complexity index is 1830. The maximum atomic E-state index is 13.7. The summed E-state index contributed by atoms with van der Waals surface area (Å²) in [6, 6.07) is 15.0. The molecule has 1 aliphatic rings. The molecular weight excluding hydrogens is 518 g/mol. The molecule has 0 bridgehead atoms. The lowest BCUT2D eigenvalue weighted by molar-refractivity contribution is -0.384. The summed E-state index contributed by atoms with van der Waals surface area (Å²) in [7, 11) is 0. The van der Waals surface area contributed by atoms with Crippen molar-refractivity contribution >= 4 is 29.1 Å². The first-order valence-corrected chi connectivity index (χ1v) is 13.1. The number of furan rings is 1. The number of nitrogens with zero attached hydrogens (tertiary/aromatic N) is 3. The van der Waals surface area contributed by atoms with Crippen molar-refractivity contribution in [3.05, 3.63) is 118 Å². The van der Waals surface area contributed by atoms with Crippen LogP contribution in [-0.4, -0.2) is 22.1 Å². The Morgan fingerprint density at radius 1 is 1.15 bits per heavy atom. The van der Waals surface area contributed by atoms with Gasteiger partial charge in [-0.15, -0.1) is 0 Å². The number of ether oxygens (including phenoxy) is 1. The van der Waals surface area contributed by atoms with Crippen molar-refractivity contribution in [2.45, 2.75) is 33.7 Å². The number of allylic oxidation sites excluding steroid dienone is 1. The van der Waals surface area contributed by atoms with Crippen molar-refractivity contribution in [2.75, 3.05) is 6.61 Å². The number of thiazole rings is 1. The van der Waals surface area contributed by atoms with Gasteiger partial charge in [-0.05, 0) is 51.0 Å². The number of nitro groups is 1. The number of aryl methyl sites for hydroxylation is 2. The molecule has 4 aromatic rings. The second-order valence-electron chi connectivity index (χ2n) is 9.17. The van der Waals surface area contributed by atoms with Gasteiger partial charge in [0.25, 0.3) is 11.2 Å². The van der Waals surface area contributed by atoms with Gasteiger partial charge in [0.05, 0.1) is 33.4 Å². The van der Waals surface area contributed by atoms with Gasteiger partial charge in [0, 0.05) is 23.8 Å². The zero-order chi connectivity index (χ0) is 27.8. The number of rotatable bonds is 6. The first-order valence-electron chi connectivity index (χ1n) is 12.3. The molecule has 0 aliphatic carbocycles. The van der Waals surface area contributed by atoms with Gasteiger partial charge in [-0.25, -0.2) is 9.79 Å². The SMILES string of the molecule is CCOC(=O)C1=C(C)N=c2sc(=Cc3ccc(-c4cc([N+](=O)[O-])ccc4C)o3)c(=O)n2C1c1ccc(C)cc1. The fourth-order valence-electron chi connectivity index (χ4n) is 4.55. The highest BCUT2D eigenvalue weighted by Crippen LogP contribution is 2.31. The van der Waals surface area contributed by atoms with E-state index in [-0.39, 0.29) is 17.9 Å². The highest BCUT2D eigenvalue weighted by atomic mass is 32.1. The highest BCUT2D eigenvalue weighted by molar-refractivity contribution is 7.07. The molecule has 5 rings (SSSR count). The average molecular weight is 544 g/mol. The lowest BCUT2D eigenvalue weighted by Crippen LogP contribution is -2.39. The van der Waals surface area contributed by atoms with E-state index in [1.807, 2.05) is 38.1 Å². The highest BCUT2D eigenvalue weighted by Gasteiger charge is 2.33. The summed E-state index contributed by atoms with van der Waals surface area (Å²) in [6.45, 7) is 7.48. The monoisotopic (exact) mass is 543 g/mol. The molecule has 0 fully saturated rings. The molecule has 1 aliphatic heterocycles. The smallest absolute Gasteiger partial charge is 0.338 e. The predicted octanol–water partition coefficient (Wildman–Crippen LogP) is 4.58. The van der Waals surface area contributed by atoms with Crippen LogP contribution in [0.5, 0.6) is 0 Å². The van der Waals surface area contributed by atoms with Crippen molar-refractivity contribution in [3.8, 4) is 11.3 Å². The first kappa shape index (κ1) is 26.1. The van der Waals surface area contributed by atoms with Gasteiger partial charge in [0.15, 0.2) is 4.80 Å². The lowest BCUT2D eigenvalue weighted by Gasteiger charge is -2.24. The molecule has 39 heavy (non-hydrogen) atoms. The first-order chi connectivity index (χ1) is 18.7. The van der Waals surface area contributed by atoms with Crippen LogP contribution in [0.4, 0.5) is 5.69 Å². The summed E-state index contributed by atoms with van der Waals surface area (Å²) in [6.07, 6.45) is 1.62. The Hall–Kier alpha value is -4.57. The van der Waals surface area contributed by atoms with Crippen LogP contribution in [0.3, 0.4) is 0 Å². The largest absolute Gasteiger partial charge is 0.463 e. The molecule has 1 atom stereocenters. The topological polar surface area (TPSA) is 117 Å². The quantitative estimate of drug-likeness (QED) is 0.200. The molecule has 0 saturated carbocycles. The zero-order valence-corrected chi connectivity index (χ0v) is 22.6. The third kappa shape index (κ3) is 4.86. The van der Waals surface area contributed by atoms with Crippen LogP contribution in [-0.2, 0) is 9.53 Å². The van der Waals surface area contributed by atoms with E-state index in [0.717, 1.165) is 16.7 Å². The Morgan fingerprint density at radius 3 is 2.59 bits per heavy atom. The third-order valence-corrected chi connectivity index (χ3v) is 7.49. The van der Waals surface area contributed by atoms with Crippen LogP contribution in [0, 0.1) is 24.0 Å². The van der Waals surface area contributed by atoms with E-state index in [1.165, 1.54) is 28.0 Å². The number of hydrogen-bond acceptors (Lipinski definition) is 8. The van der Waals surface area contributed by atoms with Gasteiger partial charge < -0.3 is 9.15 Å². The van der Waals surface area contributed by atoms with Crippen molar-refractivity contribution in [1.29, 1.82) is 0 Å². The molecule has 2 aromatic heterocycles. The minimum atomic E-state index is -0.692. The fraction of sp³-hybridized carbons (Fsp3) is 0.207. The molecule has 3 heterocycles. The van der Waals surface area contributed by atoms with Gasteiger partial charge in [-0.2, -0.15) is 0 Å². The second-order valence-corrected chi connectivity index (χ2v) is 10.2. The number of fused-ring (bicyclic) bond motifs is 1. The molecule has 10 heteroatoms. The van der Waals surface area contributed by atoms with Gasteiger partial charge in [0.1, 0.15) is 11.5 Å². The minimum Gasteiger partial charge on any atom is -0.463 e. The number of aromatic nitrogens is 1. The predicted molar refractivity (Wildman–Crippen MR) is 147 cm³/mol. The number of esters is 1. The van der Waals surface area contributed by atoms with Crippen LogP contribution in [0.25, 0.3) is 17.4 Å². The molecule has 0 radical (unpaired) electrons. The summed E-state index contributed by atoms with van der Waals surface area (Å²) in [5, 5.41) is 11.2. The summed E-state index contributed by atoms with van der Waals surface area (Å²) in [5.41, 5.74) is 3.70. The summed E-state index contributed by atoms with van der Waals surface area (Å²) < 4.78 is 13.2. The number of non-ortho nitro benzene ring substituents is 1. The Kier molecular flexibility index (Phi) is 6.88. The van der Waals surface area contributed by atoms with Crippen molar-refractivity contribution in [2.24, 2.45) is 4.99 Å². The van der Waals surface area contributed by atoms with Crippen molar-refractivity contribution in [1.82, 2.24) is 4.57 Å². The number of carbonyl (C=O) groups is 1. The second kappa shape index (κ2) is 10.3. The molecule has 0 spiro atoms. The molecule has 0 saturated heterocycles. The van der Waals surface area contributed by atoms with E-state index in [9.17, 15) is 19.7 Å². The molecule has 198 valence electrons. The van der Waals surface area contributed by atoms with E-state index in [0.29, 0.717) is 37.7 Å². The fourth-order valence-corrected chi connectivity index (χ4v) is 5.58. The Labute approximate surface area is 227 Å². The van der Waals surface area contributed by atoms with Gasteiger partial charge in [0.2, 0.25) is 0 Å². The molecule has 0 amide bonds. The number of benzene rings is 2. The zero-order valence-electron chi connectivity index (χ0n) is 21.8. The van der Waals surface area contributed by atoms with Crippen molar-refractivity contribution in [3.63, 3.8) is 0 Å². The Morgan fingerprint density at radius 2 is 1.90 bits per heavy atom. The molecule has 9 nitrogen and oxygen atoms in total. The van der Waals surface area contributed by atoms with Crippen LogP contribution in [0.1, 0.15) is 42.3 Å². The maximum Gasteiger partial charge on any atom is 0.338 e. The number of nitro benzene ring substituents is 1. The maximum absolute atomic E-state index is 13.7. The molecule has 0 N–H and O–H groups in total. The number of hydrogen-bond donors (Lipinski definition) is 0. The normalized spacial score (nSPS) is 15.2. The summed E-state index contributed by atoms with van der Waals surface area (Å²) >= 11 is 1.20. The van der Waals surface area contributed by atoms with Gasteiger partial charge in [-0.3, -0.25) is 19.5 Å². The van der Waals surface area contributed by atoms with E-state index < -0.39 is 16.9 Å².